The molecule has 3 rings (SSSR count). The Bertz CT molecular complexity index is 894. The highest BCUT2D eigenvalue weighted by Crippen LogP contribution is 2.26. The number of thiazole rings is 1. The van der Waals surface area contributed by atoms with Crippen molar-refractivity contribution in [3.8, 4) is 0 Å². The van der Waals surface area contributed by atoms with Crippen molar-refractivity contribution in [2.24, 2.45) is 0 Å². The van der Waals surface area contributed by atoms with Crippen LogP contribution in [0, 0.1) is 10.1 Å². The molecule has 1 aromatic heterocycles. The molecule has 22 heavy (non-hydrogen) atoms. The van der Waals surface area contributed by atoms with E-state index < -0.39 is 10.8 Å². The summed E-state index contributed by atoms with van der Waals surface area (Å²) >= 11 is 7.11. The number of benzene rings is 2. The van der Waals surface area contributed by atoms with Gasteiger partial charge in [-0.1, -0.05) is 17.7 Å². The second kappa shape index (κ2) is 5.70. The second-order valence-corrected chi connectivity index (χ2v) is 5.86. The molecule has 0 atom stereocenters. The molecular weight excluding hydrogens is 326 g/mol. The number of nitro groups is 1. The summed E-state index contributed by atoms with van der Waals surface area (Å²) in [6, 6.07) is 10.9. The number of carbonyl (C=O) groups is 1. The molecule has 0 saturated heterocycles. The van der Waals surface area contributed by atoms with Crippen LogP contribution in [0.15, 0.2) is 42.5 Å². The lowest BCUT2D eigenvalue weighted by molar-refractivity contribution is -0.384. The number of fused-ring (bicyclic) bond motifs is 1. The van der Waals surface area contributed by atoms with Gasteiger partial charge in [-0.15, -0.1) is 11.3 Å². The number of anilines is 1. The van der Waals surface area contributed by atoms with Crippen molar-refractivity contribution in [3.63, 3.8) is 0 Å². The lowest BCUT2D eigenvalue weighted by Crippen LogP contribution is -2.11. The number of carbonyl (C=O) groups excluding carboxylic acids is 1. The molecule has 1 heterocycles. The number of aromatic nitrogens is 1. The van der Waals surface area contributed by atoms with E-state index in [0.29, 0.717) is 16.2 Å². The monoisotopic (exact) mass is 333 g/mol. The molecule has 1 N–H and O–H groups in total. The van der Waals surface area contributed by atoms with E-state index >= 15 is 0 Å². The van der Waals surface area contributed by atoms with E-state index in [1.54, 1.807) is 24.3 Å². The Morgan fingerprint density at radius 1 is 1.27 bits per heavy atom. The number of non-ortho nitro benzene ring substituents is 1. The third-order valence-corrected chi connectivity index (χ3v) is 4.13. The summed E-state index contributed by atoms with van der Waals surface area (Å²) in [5, 5.41) is 14.1. The van der Waals surface area contributed by atoms with Crippen LogP contribution in [0.5, 0.6) is 0 Å². The van der Waals surface area contributed by atoms with Crippen LogP contribution in [0.2, 0.25) is 5.02 Å². The SMILES string of the molecule is O=C(Nc1cccc([N+](=O)[O-])c1)c1nc2cc(Cl)ccc2s1. The summed E-state index contributed by atoms with van der Waals surface area (Å²) in [6.07, 6.45) is 0. The lowest BCUT2D eigenvalue weighted by Gasteiger charge is -2.02. The van der Waals surface area contributed by atoms with E-state index in [-0.39, 0.29) is 10.7 Å². The van der Waals surface area contributed by atoms with Crippen LogP contribution < -0.4 is 5.32 Å². The molecule has 110 valence electrons. The standard InChI is InChI=1S/C14H8ClN3O3S/c15-8-4-5-12-11(6-8)17-14(22-12)13(19)16-9-2-1-3-10(7-9)18(20)21/h1-7H,(H,16,19). The predicted molar refractivity (Wildman–Crippen MR) is 85.7 cm³/mol. The van der Waals surface area contributed by atoms with Crippen LogP contribution in [0.1, 0.15) is 9.80 Å². The Labute approximate surface area is 133 Å². The fourth-order valence-electron chi connectivity index (χ4n) is 1.88. The van der Waals surface area contributed by atoms with E-state index in [0.717, 1.165) is 4.70 Å². The van der Waals surface area contributed by atoms with Gasteiger partial charge in [-0.3, -0.25) is 14.9 Å². The molecule has 3 aromatic rings. The van der Waals surface area contributed by atoms with Crippen LogP contribution in [-0.2, 0) is 0 Å². The van der Waals surface area contributed by atoms with Gasteiger partial charge in [0.25, 0.3) is 11.6 Å². The van der Waals surface area contributed by atoms with Gasteiger partial charge < -0.3 is 5.32 Å². The topological polar surface area (TPSA) is 85.1 Å². The van der Waals surface area contributed by atoms with E-state index in [2.05, 4.69) is 10.3 Å². The van der Waals surface area contributed by atoms with Gasteiger partial charge in [0.05, 0.1) is 15.1 Å². The molecule has 0 saturated carbocycles. The zero-order valence-electron chi connectivity index (χ0n) is 10.9. The number of rotatable bonds is 3. The van der Waals surface area contributed by atoms with Gasteiger partial charge in [-0.2, -0.15) is 0 Å². The Kier molecular flexibility index (Phi) is 3.74. The molecule has 0 bridgehead atoms. The van der Waals surface area contributed by atoms with Crippen molar-refractivity contribution in [1.29, 1.82) is 0 Å². The van der Waals surface area contributed by atoms with E-state index in [4.69, 9.17) is 11.6 Å². The van der Waals surface area contributed by atoms with Gasteiger partial charge in [-0.05, 0) is 24.3 Å². The van der Waals surface area contributed by atoms with Crippen molar-refractivity contribution in [2.45, 2.75) is 0 Å². The van der Waals surface area contributed by atoms with Gasteiger partial charge >= 0.3 is 0 Å². The first-order chi connectivity index (χ1) is 10.5. The minimum Gasteiger partial charge on any atom is -0.320 e. The van der Waals surface area contributed by atoms with Crippen molar-refractivity contribution >= 4 is 50.4 Å². The number of amides is 1. The highest BCUT2D eigenvalue weighted by molar-refractivity contribution is 7.20. The number of nitrogens with zero attached hydrogens (tertiary/aromatic N) is 2. The highest BCUT2D eigenvalue weighted by Gasteiger charge is 2.14. The first kappa shape index (κ1) is 14.4. The van der Waals surface area contributed by atoms with E-state index in [1.165, 1.54) is 29.5 Å². The fourth-order valence-corrected chi connectivity index (χ4v) is 2.89. The smallest absolute Gasteiger partial charge is 0.284 e. The number of hydrogen-bond acceptors (Lipinski definition) is 5. The molecule has 0 radical (unpaired) electrons. The minimum atomic E-state index is -0.519. The number of hydrogen-bond donors (Lipinski definition) is 1. The maximum Gasteiger partial charge on any atom is 0.284 e. The second-order valence-electron chi connectivity index (χ2n) is 4.39. The molecule has 1 amide bonds. The van der Waals surface area contributed by atoms with Crippen LogP contribution in [-0.4, -0.2) is 15.8 Å². The zero-order chi connectivity index (χ0) is 15.7. The number of nitro benzene ring substituents is 1. The number of halogens is 1. The Morgan fingerprint density at radius 2 is 2.09 bits per heavy atom. The average molecular weight is 334 g/mol. The molecule has 0 unspecified atom stereocenters. The van der Waals surface area contributed by atoms with Gasteiger partial charge in [0.15, 0.2) is 5.01 Å². The van der Waals surface area contributed by atoms with Crippen molar-refractivity contribution in [2.75, 3.05) is 5.32 Å². The molecule has 6 nitrogen and oxygen atoms in total. The van der Waals surface area contributed by atoms with Gasteiger partial charge in [0.2, 0.25) is 0 Å². The van der Waals surface area contributed by atoms with Gasteiger partial charge in [0.1, 0.15) is 0 Å². The number of nitrogens with one attached hydrogen (secondary N) is 1. The third kappa shape index (κ3) is 2.90. The minimum absolute atomic E-state index is 0.0890. The molecular formula is C14H8ClN3O3S. The van der Waals surface area contributed by atoms with Gasteiger partial charge in [0, 0.05) is 22.8 Å². The predicted octanol–water partition coefficient (Wildman–Crippen LogP) is 4.11. The maximum atomic E-state index is 12.2. The van der Waals surface area contributed by atoms with Crippen LogP contribution in [0.25, 0.3) is 10.2 Å². The molecule has 2 aromatic carbocycles. The Balaban J connectivity index is 1.86. The average Bonchev–Trinajstić information content (AvgIpc) is 2.90. The summed E-state index contributed by atoms with van der Waals surface area (Å²) in [6.45, 7) is 0. The molecule has 0 fully saturated rings. The summed E-state index contributed by atoms with van der Waals surface area (Å²) in [4.78, 5) is 26.6. The summed E-state index contributed by atoms with van der Waals surface area (Å²) in [7, 11) is 0. The molecule has 8 heteroatoms. The quantitative estimate of drug-likeness (QED) is 0.577. The first-order valence-corrected chi connectivity index (χ1v) is 7.34. The van der Waals surface area contributed by atoms with Crippen LogP contribution in [0.3, 0.4) is 0 Å². The zero-order valence-corrected chi connectivity index (χ0v) is 12.5. The summed E-state index contributed by atoms with van der Waals surface area (Å²) in [5.41, 5.74) is 0.895. The van der Waals surface area contributed by atoms with Crippen molar-refractivity contribution in [3.05, 3.63) is 62.6 Å². The van der Waals surface area contributed by atoms with E-state index in [9.17, 15) is 14.9 Å². The van der Waals surface area contributed by atoms with Crippen molar-refractivity contribution < 1.29 is 9.72 Å². The normalized spacial score (nSPS) is 10.6. The van der Waals surface area contributed by atoms with Gasteiger partial charge in [-0.25, -0.2) is 4.98 Å². The molecule has 0 aliphatic carbocycles. The largest absolute Gasteiger partial charge is 0.320 e. The Morgan fingerprint density at radius 3 is 2.86 bits per heavy atom. The lowest BCUT2D eigenvalue weighted by atomic mass is 10.3. The van der Waals surface area contributed by atoms with E-state index in [1.807, 2.05) is 0 Å². The Hall–Kier alpha value is -2.51. The molecule has 0 aliphatic heterocycles. The molecule has 0 spiro atoms. The first-order valence-electron chi connectivity index (χ1n) is 6.15. The fraction of sp³-hybridized carbons (Fsp3) is 0. The summed E-state index contributed by atoms with van der Waals surface area (Å²) in [5.74, 6) is -0.419. The third-order valence-electron chi connectivity index (χ3n) is 2.86. The summed E-state index contributed by atoms with van der Waals surface area (Å²) < 4.78 is 0.841. The van der Waals surface area contributed by atoms with Crippen LogP contribution in [0.4, 0.5) is 11.4 Å². The maximum absolute atomic E-state index is 12.2. The highest BCUT2D eigenvalue weighted by atomic mass is 35.5. The molecule has 0 aliphatic rings. The van der Waals surface area contributed by atoms with Crippen LogP contribution >= 0.6 is 22.9 Å². The van der Waals surface area contributed by atoms with Crippen molar-refractivity contribution in [1.82, 2.24) is 4.98 Å².